The largest absolute Gasteiger partial charge is 0.313 e. The van der Waals surface area contributed by atoms with Crippen molar-refractivity contribution < 1.29 is 4.39 Å². The van der Waals surface area contributed by atoms with Crippen LogP contribution in [0.25, 0.3) is 5.57 Å². The molecular weight excluding hydrogens is 191 g/mol. The highest BCUT2D eigenvalue weighted by Crippen LogP contribution is 2.35. The van der Waals surface area contributed by atoms with Crippen molar-refractivity contribution in [1.82, 2.24) is 10.3 Å². The molecule has 1 aliphatic carbocycles. The van der Waals surface area contributed by atoms with Gasteiger partial charge in [-0.15, -0.1) is 0 Å². The maximum absolute atomic E-state index is 13.0. The van der Waals surface area contributed by atoms with Crippen molar-refractivity contribution in [3.05, 3.63) is 35.9 Å². The molecule has 2 aliphatic rings. The third-order valence-electron chi connectivity index (χ3n) is 3.33. The van der Waals surface area contributed by atoms with Gasteiger partial charge in [0.15, 0.2) is 0 Å². The summed E-state index contributed by atoms with van der Waals surface area (Å²) in [5.74, 6) is 0.390. The fourth-order valence-electron chi connectivity index (χ4n) is 2.58. The number of aromatic nitrogens is 1. The fraction of sp³-hybridized carbons (Fsp3) is 0.417. The Bertz CT molecular complexity index is 414. The van der Waals surface area contributed by atoms with Crippen molar-refractivity contribution in [3.8, 4) is 0 Å². The number of pyridine rings is 1. The molecule has 1 fully saturated rings. The second-order valence-corrected chi connectivity index (χ2v) is 4.30. The number of halogens is 1. The van der Waals surface area contributed by atoms with E-state index in [-0.39, 0.29) is 5.82 Å². The maximum atomic E-state index is 13.0. The quantitative estimate of drug-likeness (QED) is 0.756. The molecule has 2 unspecified atom stereocenters. The van der Waals surface area contributed by atoms with Crippen LogP contribution in [0.5, 0.6) is 0 Å². The van der Waals surface area contributed by atoms with E-state index < -0.39 is 0 Å². The molecule has 0 bridgehead atoms. The van der Waals surface area contributed by atoms with Crippen LogP contribution in [0.15, 0.2) is 24.5 Å². The highest BCUT2D eigenvalue weighted by molar-refractivity contribution is 5.68. The number of nitrogens with zero attached hydrogens (tertiary/aromatic N) is 1. The number of fused-ring (bicyclic) bond motifs is 1. The molecule has 1 aromatic rings. The first-order valence-corrected chi connectivity index (χ1v) is 5.38. The SMILES string of the molecule is Fc1cncc(C2=CC3CCNC3C2)c1. The molecule has 1 N–H and O–H groups in total. The first-order valence-electron chi connectivity index (χ1n) is 5.38. The minimum absolute atomic E-state index is 0.251. The van der Waals surface area contributed by atoms with Crippen molar-refractivity contribution in [2.75, 3.05) is 6.54 Å². The van der Waals surface area contributed by atoms with Crippen molar-refractivity contribution in [3.63, 3.8) is 0 Å². The van der Waals surface area contributed by atoms with Crippen LogP contribution < -0.4 is 5.32 Å². The van der Waals surface area contributed by atoms with Gasteiger partial charge in [-0.05, 0) is 42.5 Å². The van der Waals surface area contributed by atoms with Gasteiger partial charge in [-0.2, -0.15) is 0 Å². The zero-order valence-corrected chi connectivity index (χ0v) is 8.41. The molecule has 2 heterocycles. The summed E-state index contributed by atoms with van der Waals surface area (Å²) in [6.07, 6.45) is 7.49. The summed E-state index contributed by atoms with van der Waals surface area (Å²) >= 11 is 0. The second kappa shape index (κ2) is 3.42. The van der Waals surface area contributed by atoms with Gasteiger partial charge in [-0.3, -0.25) is 4.98 Å². The van der Waals surface area contributed by atoms with Crippen molar-refractivity contribution >= 4 is 5.57 Å². The standard InChI is InChI=1S/C12H13FN2/c13-11-4-10(6-14-7-11)9-3-8-1-2-15-12(8)5-9/h3-4,6-8,12,15H,1-2,5H2. The zero-order valence-electron chi connectivity index (χ0n) is 8.41. The highest BCUT2D eigenvalue weighted by Gasteiger charge is 2.31. The molecule has 2 nitrogen and oxygen atoms in total. The molecule has 2 atom stereocenters. The van der Waals surface area contributed by atoms with Gasteiger partial charge in [0.2, 0.25) is 0 Å². The molecule has 0 saturated carbocycles. The zero-order chi connectivity index (χ0) is 10.3. The topological polar surface area (TPSA) is 24.9 Å². The van der Waals surface area contributed by atoms with E-state index >= 15 is 0 Å². The lowest BCUT2D eigenvalue weighted by Gasteiger charge is -2.08. The van der Waals surface area contributed by atoms with E-state index in [1.165, 1.54) is 18.2 Å². The van der Waals surface area contributed by atoms with Crippen molar-refractivity contribution in [2.24, 2.45) is 5.92 Å². The molecule has 3 heteroatoms. The van der Waals surface area contributed by atoms with E-state index in [0.717, 1.165) is 18.5 Å². The van der Waals surface area contributed by atoms with Gasteiger partial charge in [0.1, 0.15) is 5.82 Å². The number of hydrogen-bond acceptors (Lipinski definition) is 2. The average Bonchev–Trinajstić information content (AvgIpc) is 2.76. The van der Waals surface area contributed by atoms with E-state index in [9.17, 15) is 4.39 Å². The van der Waals surface area contributed by atoms with Gasteiger partial charge in [0.05, 0.1) is 6.20 Å². The molecule has 15 heavy (non-hydrogen) atoms. The molecule has 78 valence electrons. The van der Waals surface area contributed by atoms with Crippen molar-refractivity contribution in [1.29, 1.82) is 0 Å². The Morgan fingerprint density at radius 1 is 1.40 bits per heavy atom. The predicted octanol–water partition coefficient (Wildman–Crippen LogP) is 1.99. The number of nitrogens with one attached hydrogen (secondary N) is 1. The Balaban J connectivity index is 1.90. The minimum Gasteiger partial charge on any atom is -0.313 e. The summed E-state index contributed by atoms with van der Waals surface area (Å²) < 4.78 is 13.0. The lowest BCUT2D eigenvalue weighted by Crippen LogP contribution is -2.22. The summed E-state index contributed by atoms with van der Waals surface area (Å²) in [4.78, 5) is 3.89. The van der Waals surface area contributed by atoms with Crippen LogP contribution in [-0.2, 0) is 0 Å². The first-order chi connectivity index (χ1) is 7.33. The molecule has 0 radical (unpaired) electrons. The Morgan fingerprint density at radius 3 is 3.13 bits per heavy atom. The van der Waals surface area contributed by atoms with E-state index in [1.807, 2.05) is 0 Å². The predicted molar refractivity (Wildman–Crippen MR) is 56.7 cm³/mol. The lowest BCUT2D eigenvalue weighted by atomic mass is 10.1. The molecule has 1 saturated heterocycles. The first kappa shape index (κ1) is 9.04. The van der Waals surface area contributed by atoms with E-state index in [4.69, 9.17) is 0 Å². The Kier molecular flexibility index (Phi) is 2.06. The highest BCUT2D eigenvalue weighted by atomic mass is 19.1. The van der Waals surface area contributed by atoms with Crippen LogP contribution >= 0.6 is 0 Å². The van der Waals surface area contributed by atoms with Gasteiger partial charge in [-0.1, -0.05) is 6.08 Å². The fourth-order valence-corrected chi connectivity index (χ4v) is 2.58. The monoisotopic (exact) mass is 204 g/mol. The summed E-state index contributed by atoms with van der Waals surface area (Å²) in [6.45, 7) is 1.11. The van der Waals surface area contributed by atoms with Crippen LogP contribution in [0.3, 0.4) is 0 Å². The van der Waals surface area contributed by atoms with Gasteiger partial charge in [0.25, 0.3) is 0 Å². The number of hydrogen-bond donors (Lipinski definition) is 1. The van der Waals surface area contributed by atoms with Crippen molar-refractivity contribution in [2.45, 2.75) is 18.9 Å². The third-order valence-corrected chi connectivity index (χ3v) is 3.33. The Hall–Kier alpha value is -1.22. The van der Waals surface area contributed by atoms with Gasteiger partial charge >= 0.3 is 0 Å². The molecule has 0 spiro atoms. The van der Waals surface area contributed by atoms with Gasteiger partial charge in [-0.25, -0.2) is 4.39 Å². The van der Waals surface area contributed by atoms with E-state index in [0.29, 0.717) is 12.0 Å². The molecule has 0 amide bonds. The van der Waals surface area contributed by atoms with Gasteiger partial charge < -0.3 is 5.32 Å². The molecular formula is C12H13FN2. The van der Waals surface area contributed by atoms with Crippen LogP contribution in [-0.4, -0.2) is 17.6 Å². The minimum atomic E-state index is -0.251. The van der Waals surface area contributed by atoms with E-state index in [1.54, 1.807) is 12.3 Å². The third kappa shape index (κ3) is 1.57. The summed E-state index contributed by atoms with van der Waals surface area (Å²) in [5, 5.41) is 3.47. The summed E-state index contributed by atoms with van der Waals surface area (Å²) in [6, 6.07) is 2.14. The maximum Gasteiger partial charge on any atom is 0.142 e. The average molecular weight is 204 g/mol. The Morgan fingerprint density at radius 2 is 2.33 bits per heavy atom. The van der Waals surface area contributed by atoms with E-state index in [2.05, 4.69) is 16.4 Å². The molecule has 1 aromatic heterocycles. The Labute approximate surface area is 88.2 Å². The number of rotatable bonds is 1. The van der Waals surface area contributed by atoms with Crippen LogP contribution in [0.4, 0.5) is 4.39 Å². The van der Waals surface area contributed by atoms with Crippen LogP contribution in [0, 0.1) is 11.7 Å². The van der Waals surface area contributed by atoms with Crippen LogP contribution in [0.1, 0.15) is 18.4 Å². The normalized spacial score (nSPS) is 29.0. The molecule has 0 aromatic carbocycles. The van der Waals surface area contributed by atoms with Crippen LogP contribution in [0.2, 0.25) is 0 Å². The molecule has 1 aliphatic heterocycles. The molecule has 3 rings (SSSR count). The lowest BCUT2D eigenvalue weighted by molar-refractivity contribution is 0.562. The van der Waals surface area contributed by atoms with Gasteiger partial charge in [0, 0.05) is 12.2 Å². The summed E-state index contributed by atoms with van der Waals surface area (Å²) in [7, 11) is 0. The smallest absolute Gasteiger partial charge is 0.142 e. The summed E-state index contributed by atoms with van der Waals surface area (Å²) in [5.41, 5.74) is 2.18. The second-order valence-electron chi connectivity index (χ2n) is 4.30.